The van der Waals surface area contributed by atoms with Gasteiger partial charge >= 0.3 is 0 Å². The van der Waals surface area contributed by atoms with E-state index in [1.54, 1.807) is 24.3 Å². The third-order valence-corrected chi connectivity index (χ3v) is 7.30. The molecule has 0 radical (unpaired) electrons. The van der Waals surface area contributed by atoms with Crippen LogP contribution in [0.3, 0.4) is 0 Å². The van der Waals surface area contributed by atoms with Gasteiger partial charge < -0.3 is 10.6 Å². The van der Waals surface area contributed by atoms with Crippen molar-refractivity contribution in [2.24, 2.45) is 11.7 Å². The van der Waals surface area contributed by atoms with E-state index >= 15 is 0 Å². The lowest BCUT2D eigenvalue weighted by Crippen LogP contribution is -2.52. The van der Waals surface area contributed by atoms with Gasteiger partial charge in [0.05, 0.1) is 4.90 Å². The molecule has 1 aliphatic rings. The largest absolute Gasteiger partial charge is 0.326 e. The van der Waals surface area contributed by atoms with Gasteiger partial charge in [0.1, 0.15) is 0 Å². The van der Waals surface area contributed by atoms with Gasteiger partial charge in [-0.1, -0.05) is 48.5 Å². The van der Waals surface area contributed by atoms with Crippen LogP contribution in [0.25, 0.3) is 0 Å². The zero-order valence-electron chi connectivity index (χ0n) is 16.7. The lowest BCUT2D eigenvalue weighted by atomic mass is 9.77. The number of hydrogen-bond acceptors (Lipinski definition) is 4. The Bertz CT molecular complexity index is 841. The number of nitrogens with one attached hydrogen (secondary N) is 1. The summed E-state index contributed by atoms with van der Waals surface area (Å²) in [4.78, 5) is 2.49. The minimum atomic E-state index is -3.58. The van der Waals surface area contributed by atoms with Gasteiger partial charge in [-0.2, -0.15) is 0 Å². The number of hydrogen-bond donors (Lipinski definition) is 2. The second-order valence-electron chi connectivity index (χ2n) is 8.00. The Morgan fingerprint density at radius 2 is 1.64 bits per heavy atom. The van der Waals surface area contributed by atoms with Crippen LogP contribution in [0.5, 0.6) is 0 Å². The molecule has 0 aliphatic heterocycles. The first-order chi connectivity index (χ1) is 13.4. The normalized spacial score (nSPS) is 24.2. The van der Waals surface area contributed by atoms with E-state index < -0.39 is 10.0 Å². The highest BCUT2D eigenvalue weighted by Crippen LogP contribution is 2.30. The Kier molecular flexibility index (Phi) is 6.88. The van der Waals surface area contributed by atoms with Crippen LogP contribution in [-0.4, -0.2) is 45.5 Å². The van der Waals surface area contributed by atoms with Gasteiger partial charge in [-0.05, 0) is 63.4 Å². The van der Waals surface area contributed by atoms with Crippen molar-refractivity contribution in [1.82, 2.24) is 9.62 Å². The van der Waals surface area contributed by atoms with Crippen molar-refractivity contribution >= 4 is 10.0 Å². The molecule has 1 aliphatic carbocycles. The average molecular weight is 402 g/mol. The van der Waals surface area contributed by atoms with E-state index in [1.165, 1.54) is 0 Å². The molecule has 2 aromatic rings. The van der Waals surface area contributed by atoms with E-state index in [0.717, 1.165) is 24.8 Å². The molecule has 1 fully saturated rings. The second kappa shape index (κ2) is 9.18. The number of nitrogens with zero attached hydrogens (tertiary/aromatic N) is 1. The Hall–Kier alpha value is -1.73. The van der Waals surface area contributed by atoms with Gasteiger partial charge in [0, 0.05) is 18.1 Å². The maximum Gasteiger partial charge on any atom is 0.240 e. The molecule has 3 rings (SSSR count). The summed E-state index contributed by atoms with van der Waals surface area (Å²) in [5.74, 6) is 0.213. The van der Waals surface area contributed by atoms with Gasteiger partial charge in [-0.3, -0.25) is 0 Å². The molecule has 28 heavy (non-hydrogen) atoms. The summed E-state index contributed by atoms with van der Waals surface area (Å²) in [7, 11) is 0.542. The Morgan fingerprint density at radius 3 is 2.21 bits per heavy atom. The van der Waals surface area contributed by atoms with Gasteiger partial charge in [-0.25, -0.2) is 13.1 Å². The molecule has 0 aromatic heterocycles. The first-order valence-electron chi connectivity index (χ1n) is 9.90. The quantitative estimate of drug-likeness (QED) is 0.748. The molecule has 5 nitrogen and oxygen atoms in total. The fraction of sp³-hybridized carbons (Fsp3) is 0.455. The van der Waals surface area contributed by atoms with E-state index in [-0.39, 0.29) is 18.0 Å². The van der Waals surface area contributed by atoms with E-state index in [0.29, 0.717) is 17.4 Å². The third kappa shape index (κ3) is 5.20. The molecule has 0 unspecified atom stereocenters. The monoisotopic (exact) mass is 401 g/mol. The maximum atomic E-state index is 13.0. The van der Waals surface area contributed by atoms with Crippen LogP contribution >= 0.6 is 0 Å². The van der Waals surface area contributed by atoms with Crippen LogP contribution in [-0.2, 0) is 16.4 Å². The molecule has 1 saturated carbocycles. The van der Waals surface area contributed by atoms with Gasteiger partial charge in [0.15, 0.2) is 0 Å². The molecule has 3 N–H and O–H groups in total. The Labute approximate surface area is 169 Å². The lowest BCUT2D eigenvalue weighted by Gasteiger charge is -2.40. The third-order valence-electron chi connectivity index (χ3n) is 5.79. The summed E-state index contributed by atoms with van der Waals surface area (Å²) in [6.45, 7) is 0. The van der Waals surface area contributed by atoms with Crippen LogP contribution in [0.4, 0.5) is 0 Å². The van der Waals surface area contributed by atoms with Crippen molar-refractivity contribution in [3.63, 3.8) is 0 Å². The Balaban J connectivity index is 1.82. The molecule has 0 amide bonds. The SMILES string of the molecule is CN(C)[C@@H]1CC[C@@H]([C@@H](Cc2ccccc2)NS(=O)(=O)c2ccccc2)C[C@H]1N. The smallest absolute Gasteiger partial charge is 0.240 e. The Morgan fingerprint density at radius 1 is 1.04 bits per heavy atom. The summed E-state index contributed by atoms with van der Waals surface area (Å²) in [6, 6.07) is 18.9. The highest BCUT2D eigenvalue weighted by molar-refractivity contribution is 7.89. The van der Waals surface area contributed by atoms with E-state index in [1.807, 2.05) is 24.3 Å². The fourth-order valence-corrected chi connectivity index (χ4v) is 5.60. The highest BCUT2D eigenvalue weighted by atomic mass is 32.2. The number of benzene rings is 2. The molecule has 0 saturated heterocycles. The predicted octanol–water partition coefficient (Wildman–Crippen LogP) is 2.63. The summed E-state index contributed by atoms with van der Waals surface area (Å²) in [6.07, 6.45) is 3.43. The standard InChI is InChI=1S/C22H31N3O2S/c1-25(2)22-14-13-18(16-20(22)23)21(15-17-9-5-3-6-10-17)24-28(26,27)19-11-7-4-8-12-19/h3-12,18,20-22,24H,13-16,23H2,1-2H3/t18-,20-,21-,22-/m1/s1. The van der Waals surface area contributed by atoms with Crippen molar-refractivity contribution in [2.45, 2.75) is 48.7 Å². The van der Waals surface area contributed by atoms with E-state index in [2.05, 4.69) is 35.9 Å². The minimum Gasteiger partial charge on any atom is -0.326 e. The maximum absolute atomic E-state index is 13.0. The van der Waals surface area contributed by atoms with Gasteiger partial charge in [-0.15, -0.1) is 0 Å². The number of sulfonamides is 1. The van der Waals surface area contributed by atoms with Crippen LogP contribution in [0.2, 0.25) is 0 Å². The average Bonchev–Trinajstić information content (AvgIpc) is 2.68. The van der Waals surface area contributed by atoms with Crippen LogP contribution < -0.4 is 10.5 Å². The van der Waals surface area contributed by atoms with Crippen molar-refractivity contribution in [3.05, 3.63) is 66.2 Å². The highest BCUT2D eigenvalue weighted by Gasteiger charge is 2.35. The first-order valence-corrected chi connectivity index (χ1v) is 11.4. The molecular weight excluding hydrogens is 370 g/mol. The summed E-state index contributed by atoms with van der Waals surface area (Å²) in [5.41, 5.74) is 7.59. The van der Waals surface area contributed by atoms with E-state index in [4.69, 9.17) is 5.73 Å². The number of nitrogens with two attached hydrogens (primary N) is 1. The van der Waals surface area contributed by atoms with E-state index in [9.17, 15) is 8.42 Å². The van der Waals surface area contributed by atoms with Crippen molar-refractivity contribution in [1.29, 1.82) is 0 Å². The fourth-order valence-electron chi connectivity index (χ4n) is 4.27. The number of likely N-dealkylation sites (N-methyl/N-ethyl adjacent to an activating group) is 1. The molecule has 152 valence electrons. The number of rotatable bonds is 7. The molecule has 0 heterocycles. The minimum absolute atomic E-state index is 0.0493. The molecule has 4 atom stereocenters. The molecule has 6 heteroatoms. The molecule has 2 aromatic carbocycles. The molecule has 0 spiro atoms. The summed E-state index contributed by atoms with van der Waals surface area (Å²) in [5, 5.41) is 0. The van der Waals surface area contributed by atoms with Crippen molar-refractivity contribution in [3.8, 4) is 0 Å². The van der Waals surface area contributed by atoms with Gasteiger partial charge in [0.25, 0.3) is 0 Å². The zero-order valence-corrected chi connectivity index (χ0v) is 17.5. The van der Waals surface area contributed by atoms with Crippen LogP contribution in [0.15, 0.2) is 65.6 Å². The van der Waals surface area contributed by atoms with Crippen molar-refractivity contribution < 1.29 is 8.42 Å². The van der Waals surface area contributed by atoms with Gasteiger partial charge in [0.2, 0.25) is 10.0 Å². The lowest BCUT2D eigenvalue weighted by molar-refractivity contribution is 0.151. The van der Waals surface area contributed by atoms with Crippen LogP contribution in [0.1, 0.15) is 24.8 Å². The molecule has 0 bridgehead atoms. The zero-order chi connectivity index (χ0) is 20.1. The topological polar surface area (TPSA) is 75.4 Å². The van der Waals surface area contributed by atoms with Crippen LogP contribution in [0, 0.1) is 5.92 Å². The second-order valence-corrected chi connectivity index (χ2v) is 9.71. The predicted molar refractivity (Wildman–Crippen MR) is 113 cm³/mol. The first kappa shape index (κ1) is 21.0. The summed E-state index contributed by atoms with van der Waals surface area (Å²) >= 11 is 0. The van der Waals surface area contributed by atoms with Crippen molar-refractivity contribution in [2.75, 3.05) is 14.1 Å². The molecular formula is C22H31N3O2S. The summed E-state index contributed by atoms with van der Waals surface area (Å²) < 4.78 is 29.0.